The van der Waals surface area contributed by atoms with Crippen LogP contribution in [0, 0.1) is 5.82 Å². The highest BCUT2D eigenvalue weighted by Crippen LogP contribution is 2.24. The van der Waals surface area contributed by atoms with E-state index in [4.69, 9.17) is 0 Å². The minimum Gasteiger partial charge on any atom is -0.306 e. The number of hydrogen-bond donors (Lipinski definition) is 1. The third-order valence-electron chi connectivity index (χ3n) is 2.14. The molecular formula is C12H15BrFN. The molecule has 82 valence electrons. The van der Waals surface area contributed by atoms with E-state index in [0.29, 0.717) is 0 Å². The van der Waals surface area contributed by atoms with Crippen molar-refractivity contribution in [2.45, 2.75) is 19.9 Å². The zero-order valence-corrected chi connectivity index (χ0v) is 10.6. The van der Waals surface area contributed by atoms with Crippen LogP contribution in [0.15, 0.2) is 34.8 Å². The summed E-state index contributed by atoms with van der Waals surface area (Å²) < 4.78 is 13.7. The molecule has 15 heavy (non-hydrogen) atoms. The van der Waals surface area contributed by atoms with Gasteiger partial charge in [0.2, 0.25) is 0 Å². The molecule has 0 aliphatic carbocycles. The summed E-state index contributed by atoms with van der Waals surface area (Å²) in [5.41, 5.74) is 2.14. The smallest absolute Gasteiger partial charge is 0.124 e. The summed E-state index contributed by atoms with van der Waals surface area (Å²) in [5.74, 6) is -0.224. The van der Waals surface area contributed by atoms with Crippen molar-refractivity contribution in [2.24, 2.45) is 0 Å². The van der Waals surface area contributed by atoms with Gasteiger partial charge in [-0.2, -0.15) is 0 Å². The molecule has 1 nitrogen and oxygen atoms in total. The van der Waals surface area contributed by atoms with Gasteiger partial charge in [0.25, 0.3) is 0 Å². The summed E-state index contributed by atoms with van der Waals surface area (Å²) in [7, 11) is 0. The average molecular weight is 272 g/mol. The van der Waals surface area contributed by atoms with Crippen molar-refractivity contribution < 1.29 is 4.39 Å². The third-order valence-corrected chi connectivity index (χ3v) is 2.83. The van der Waals surface area contributed by atoms with Gasteiger partial charge >= 0.3 is 0 Å². The summed E-state index contributed by atoms with van der Waals surface area (Å²) in [6.45, 7) is 8.61. The van der Waals surface area contributed by atoms with Gasteiger partial charge < -0.3 is 5.32 Å². The largest absolute Gasteiger partial charge is 0.306 e. The maximum Gasteiger partial charge on any atom is 0.124 e. The summed E-state index contributed by atoms with van der Waals surface area (Å²) in [5, 5.41) is 3.31. The zero-order valence-electron chi connectivity index (χ0n) is 8.98. The van der Waals surface area contributed by atoms with Crippen LogP contribution >= 0.6 is 15.9 Å². The van der Waals surface area contributed by atoms with E-state index in [0.717, 1.165) is 22.2 Å². The lowest BCUT2D eigenvalue weighted by Crippen LogP contribution is -2.20. The van der Waals surface area contributed by atoms with Crippen LogP contribution in [0.1, 0.15) is 25.5 Å². The van der Waals surface area contributed by atoms with Gasteiger partial charge in [-0.15, -0.1) is 0 Å². The van der Waals surface area contributed by atoms with Gasteiger partial charge in [0, 0.05) is 17.1 Å². The Morgan fingerprint density at radius 2 is 2.27 bits per heavy atom. The molecule has 3 heteroatoms. The third kappa shape index (κ3) is 3.76. The quantitative estimate of drug-likeness (QED) is 0.822. The van der Waals surface area contributed by atoms with Crippen LogP contribution < -0.4 is 5.32 Å². The topological polar surface area (TPSA) is 12.0 Å². The first kappa shape index (κ1) is 12.4. The predicted octanol–water partition coefficient (Wildman–Crippen LogP) is 3.81. The highest BCUT2D eigenvalue weighted by atomic mass is 79.9. The molecular weight excluding hydrogens is 257 g/mol. The van der Waals surface area contributed by atoms with Crippen molar-refractivity contribution in [3.05, 3.63) is 46.2 Å². The van der Waals surface area contributed by atoms with Crippen LogP contribution in [-0.2, 0) is 0 Å². The van der Waals surface area contributed by atoms with E-state index in [9.17, 15) is 4.39 Å². The minimum absolute atomic E-state index is 0.177. The first-order valence-corrected chi connectivity index (χ1v) is 5.62. The van der Waals surface area contributed by atoms with E-state index in [1.54, 1.807) is 6.07 Å². The Hall–Kier alpha value is -0.670. The first-order chi connectivity index (χ1) is 7.00. The molecule has 1 aromatic carbocycles. The summed E-state index contributed by atoms with van der Waals surface area (Å²) >= 11 is 3.35. The molecule has 0 aliphatic heterocycles. The van der Waals surface area contributed by atoms with E-state index in [2.05, 4.69) is 27.8 Å². The number of rotatable bonds is 4. The van der Waals surface area contributed by atoms with Crippen LogP contribution in [0.3, 0.4) is 0 Å². The lowest BCUT2D eigenvalue weighted by Gasteiger charge is -2.15. The SMILES string of the molecule is C=C(C)CNC(C)c1ccc(F)cc1Br. The zero-order chi connectivity index (χ0) is 11.4. The van der Waals surface area contributed by atoms with Gasteiger partial charge in [0.1, 0.15) is 5.82 Å². The van der Waals surface area contributed by atoms with E-state index in [1.165, 1.54) is 12.1 Å². The fourth-order valence-corrected chi connectivity index (χ4v) is 1.98. The molecule has 1 unspecified atom stereocenters. The molecule has 1 N–H and O–H groups in total. The Morgan fingerprint density at radius 1 is 1.60 bits per heavy atom. The average Bonchev–Trinajstić information content (AvgIpc) is 2.14. The standard InChI is InChI=1S/C12H15BrFN/c1-8(2)7-15-9(3)11-5-4-10(14)6-12(11)13/h4-6,9,15H,1,7H2,2-3H3. The van der Waals surface area contributed by atoms with Gasteiger partial charge in [0.15, 0.2) is 0 Å². The van der Waals surface area contributed by atoms with Gasteiger partial charge in [-0.1, -0.05) is 34.1 Å². The second-order valence-corrected chi connectivity index (χ2v) is 4.58. The van der Waals surface area contributed by atoms with Crippen molar-refractivity contribution in [1.82, 2.24) is 5.32 Å². The van der Waals surface area contributed by atoms with E-state index < -0.39 is 0 Å². The van der Waals surface area contributed by atoms with Crippen molar-refractivity contribution >= 4 is 15.9 Å². The van der Waals surface area contributed by atoms with Crippen molar-refractivity contribution in [3.63, 3.8) is 0 Å². The summed E-state index contributed by atoms with van der Waals surface area (Å²) in [4.78, 5) is 0. The second-order valence-electron chi connectivity index (χ2n) is 3.73. The Balaban J connectivity index is 2.73. The van der Waals surface area contributed by atoms with Crippen molar-refractivity contribution in [2.75, 3.05) is 6.54 Å². The number of nitrogens with one attached hydrogen (secondary N) is 1. The molecule has 0 fully saturated rings. The van der Waals surface area contributed by atoms with Crippen LogP contribution in [0.2, 0.25) is 0 Å². The maximum atomic E-state index is 12.9. The molecule has 0 spiro atoms. The van der Waals surface area contributed by atoms with Crippen molar-refractivity contribution in [1.29, 1.82) is 0 Å². The Labute approximate surface area is 98.5 Å². The molecule has 0 radical (unpaired) electrons. The lowest BCUT2D eigenvalue weighted by atomic mass is 10.1. The molecule has 1 rings (SSSR count). The molecule has 0 aliphatic rings. The fraction of sp³-hybridized carbons (Fsp3) is 0.333. The highest BCUT2D eigenvalue weighted by Gasteiger charge is 2.08. The van der Waals surface area contributed by atoms with Crippen LogP contribution in [-0.4, -0.2) is 6.54 Å². The monoisotopic (exact) mass is 271 g/mol. The molecule has 0 aromatic heterocycles. The number of halogens is 2. The number of benzene rings is 1. The Bertz CT molecular complexity index is 363. The highest BCUT2D eigenvalue weighted by molar-refractivity contribution is 9.10. The summed E-state index contributed by atoms with van der Waals surface area (Å²) in [6, 6.07) is 4.92. The van der Waals surface area contributed by atoms with Crippen LogP contribution in [0.25, 0.3) is 0 Å². The fourth-order valence-electron chi connectivity index (χ4n) is 1.29. The molecule has 0 heterocycles. The maximum absolute atomic E-state index is 12.9. The minimum atomic E-state index is -0.224. The predicted molar refractivity (Wildman–Crippen MR) is 65.3 cm³/mol. The Morgan fingerprint density at radius 3 is 2.80 bits per heavy atom. The molecule has 1 aromatic rings. The summed E-state index contributed by atoms with van der Waals surface area (Å²) in [6.07, 6.45) is 0. The van der Waals surface area contributed by atoms with Gasteiger partial charge in [-0.3, -0.25) is 0 Å². The van der Waals surface area contributed by atoms with Gasteiger partial charge in [-0.05, 0) is 31.5 Å². The number of hydrogen-bond acceptors (Lipinski definition) is 1. The Kier molecular flexibility index (Phi) is 4.48. The van der Waals surface area contributed by atoms with Crippen LogP contribution in [0.4, 0.5) is 4.39 Å². The van der Waals surface area contributed by atoms with Crippen molar-refractivity contribution in [3.8, 4) is 0 Å². The molecule has 0 amide bonds. The first-order valence-electron chi connectivity index (χ1n) is 4.83. The molecule has 0 saturated heterocycles. The van der Waals surface area contributed by atoms with Gasteiger partial charge in [-0.25, -0.2) is 4.39 Å². The molecule has 1 atom stereocenters. The van der Waals surface area contributed by atoms with E-state index in [1.807, 2.05) is 13.8 Å². The van der Waals surface area contributed by atoms with Gasteiger partial charge in [0.05, 0.1) is 0 Å². The second kappa shape index (κ2) is 5.42. The van der Waals surface area contributed by atoms with E-state index in [-0.39, 0.29) is 11.9 Å². The molecule has 0 bridgehead atoms. The molecule has 0 saturated carbocycles. The van der Waals surface area contributed by atoms with Crippen LogP contribution in [0.5, 0.6) is 0 Å². The van der Waals surface area contributed by atoms with E-state index >= 15 is 0 Å². The lowest BCUT2D eigenvalue weighted by molar-refractivity contribution is 0.596. The normalized spacial score (nSPS) is 12.5.